The van der Waals surface area contributed by atoms with Crippen molar-refractivity contribution in [1.29, 1.82) is 0 Å². The fourth-order valence-electron chi connectivity index (χ4n) is 3.12. The van der Waals surface area contributed by atoms with E-state index in [-0.39, 0.29) is 4.90 Å². The monoisotopic (exact) mass is 401 g/mol. The van der Waals surface area contributed by atoms with Crippen LogP contribution in [0.4, 0.5) is 22.4 Å². The van der Waals surface area contributed by atoms with Crippen molar-refractivity contribution in [1.82, 2.24) is 15.1 Å². The Labute approximate surface area is 154 Å². The van der Waals surface area contributed by atoms with E-state index in [1.165, 1.54) is 13.8 Å². The fraction of sp³-hybridized carbons (Fsp3) is 0.312. The highest BCUT2D eigenvalue weighted by Crippen LogP contribution is 2.37. The molecule has 2 heterocycles. The highest BCUT2D eigenvalue weighted by atomic mass is 19.2. The van der Waals surface area contributed by atoms with Crippen LogP contribution in [-0.2, 0) is 9.59 Å². The molecule has 1 aromatic carbocycles. The Balaban J connectivity index is 2.23. The molecule has 8 nitrogen and oxygen atoms in total. The maximum absolute atomic E-state index is 14.1. The summed E-state index contributed by atoms with van der Waals surface area (Å²) in [6.45, 7) is 3.55. The number of hydrogen-bond donors (Lipinski definition) is 1. The lowest BCUT2D eigenvalue weighted by atomic mass is 9.93. The number of urea groups is 1. The summed E-state index contributed by atoms with van der Waals surface area (Å²) in [5.41, 5.74) is -5.62. The van der Waals surface area contributed by atoms with Crippen LogP contribution in [0.5, 0.6) is 0 Å². The number of imide groups is 3. The summed E-state index contributed by atoms with van der Waals surface area (Å²) in [6, 6.07) is -1.95. The molecular formula is C16H11F4N3O5. The number of carbonyl (C=O) groups excluding carboxylic acids is 5. The molecule has 1 aromatic rings. The van der Waals surface area contributed by atoms with Crippen molar-refractivity contribution >= 4 is 29.7 Å². The van der Waals surface area contributed by atoms with Gasteiger partial charge < -0.3 is 0 Å². The number of amides is 6. The van der Waals surface area contributed by atoms with Crippen molar-refractivity contribution in [3.63, 3.8) is 0 Å². The van der Waals surface area contributed by atoms with Crippen LogP contribution < -0.4 is 5.32 Å². The standard InChI is InChI=1S/C16H11F4N3O5/c1-4(2)22-14(27)16(3,13(26)21-15(22)28)23-11(24)5-6(12(23)25)8(18)10(20)9(19)7(5)17/h4H,1-3H3,(H,21,26,28). The van der Waals surface area contributed by atoms with Gasteiger partial charge in [-0.3, -0.25) is 29.4 Å². The van der Waals surface area contributed by atoms with Gasteiger partial charge >= 0.3 is 6.03 Å². The van der Waals surface area contributed by atoms with Crippen molar-refractivity contribution in [2.45, 2.75) is 32.4 Å². The lowest BCUT2D eigenvalue weighted by molar-refractivity contribution is -0.150. The van der Waals surface area contributed by atoms with E-state index < -0.39 is 75.6 Å². The van der Waals surface area contributed by atoms with Crippen LogP contribution in [0.2, 0.25) is 0 Å². The van der Waals surface area contributed by atoms with Crippen LogP contribution in [0.1, 0.15) is 41.5 Å². The van der Waals surface area contributed by atoms with Gasteiger partial charge in [-0.15, -0.1) is 0 Å². The third-order valence-electron chi connectivity index (χ3n) is 4.58. The van der Waals surface area contributed by atoms with Crippen LogP contribution in [0.3, 0.4) is 0 Å². The lowest BCUT2D eigenvalue weighted by Crippen LogP contribution is -2.74. The summed E-state index contributed by atoms with van der Waals surface area (Å²) in [5.74, 6) is -15.1. The average Bonchev–Trinajstić information content (AvgIpc) is 2.87. The highest BCUT2D eigenvalue weighted by Gasteiger charge is 2.62. The zero-order valence-electron chi connectivity index (χ0n) is 14.5. The Bertz CT molecular complexity index is 962. The molecule has 0 bridgehead atoms. The van der Waals surface area contributed by atoms with Crippen LogP contribution in [0.15, 0.2) is 0 Å². The van der Waals surface area contributed by atoms with E-state index in [0.717, 1.165) is 6.92 Å². The Morgan fingerprint density at radius 3 is 1.64 bits per heavy atom. The first-order chi connectivity index (χ1) is 12.9. The Kier molecular flexibility index (Phi) is 4.06. The second-order valence-electron chi connectivity index (χ2n) is 6.55. The van der Waals surface area contributed by atoms with Gasteiger partial charge in [-0.25, -0.2) is 27.3 Å². The molecule has 1 N–H and O–H groups in total. The molecule has 2 aliphatic rings. The van der Waals surface area contributed by atoms with Crippen molar-refractivity contribution in [2.75, 3.05) is 0 Å². The molecule has 0 radical (unpaired) electrons. The summed E-state index contributed by atoms with van der Waals surface area (Å²) < 4.78 is 55.2. The predicted octanol–water partition coefficient (Wildman–Crippen LogP) is 1.08. The molecule has 2 aliphatic heterocycles. The minimum Gasteiger partial charge on any atom is -0.275 e. The second-order valence-corrected chi connectivity index (χ2v) is 6.55. The smallest absolute Gasteiger partial charge is 0.275 e. The third-order valence-corrected chi connectivity index (χ3v) is 4.58. The molecule has 3 rings (SSSR count). The second kappa shape index (κ2) is 5.84. The zero-order valence-corrected chi connectivity index (χ0v) is 14.5. The maximum atomic E-state index is 14.1. The van der Waals surface area contributed by atoms with E-state index >= 15 is 0 Å². The number of barbiturate groups is 1. The van der Waals surface area contributed by atoms with Crippen molar-refractivity contribution in [3.05, 3.63) is 34.4 Å². The average molecular weight is 401 g/mol. The minimum absolute atomic E-state index is 0.109. The number of nitrogens with one attached hydrogen (secondary N) is 1. The summed E-state index contributed by atoms with van der Waals surface area (Å²) in [4.78, 5) is 62.6. The minimum atomic E-state index is -2.73. The summed E-state index contributed by atoms with van der Waals surface area (Å²) in [7, 11) is 0. The molecule has 0 saturated carbocycles. The highest BCUT2D eigenvalue weighted by molar-refractivity contribution is 6.31. The van der Waals surface area contributed by atoms with Gasteiger partial charge in [0.25, 0.3) is 23.6 Å². The van der Waals surface area contributed by atoms with Gasteiger partial charge in [0.2, 0.25) is 5.54 Å². The van der Waals surface area contributed by atoms with Crippen LogP contribution in [0, 0.1) is 23.3 Å². The Morgan fingerprint density at radius 1 is 0.821 bits per heavy atom. The Morgan fingerprint density at radius 2 is 1.25 bits per heavy atom. The molecule has 28 heavy (non-hydrogen) atoms. The topological polar surface area (TPSA) is 104 Å². The molecule has 6 amide bonds. The number of halogens is 4. The van der Waals surface area contributed by atoms with Crippen molar-refractivity contribution in [2.24, 2.45) is 0 Å². The summed E-state index contributed by atoms with van der Waals surface area (Å²) in [5, 5.41) is 1.77. The van der Waals surface area contributed by atoms with Crippen LogP contribution in [0.25, 0.3) is 0 Å². The molecule has 148 valence electrons. The molecule has 12 heteroatoms. The first-order valence-corrected chi connectivity index (χ1v) is 7.81. The largest absolute Gasteiger partial charge is 0.331 e. The number of nitrogens with zero attached hydrogens (tertiary/aromatic N) is 2. The van der Waals surface area contributed by atoms with E-state index in [2.05, 4.69) is 0 Å². The zero-order chi connectivity index (χ0) is 21.3. The van der Waals surface area contributed by atoms with E-state index in [1.54, 1.807) is 5.32 Å². The SMILES string of the molecule is CC(C)N1C(=O)NC(=O)C(C)(N2C(=O)c3c(F)c(F)c(F)c(F)c3C2=O)C1=O. The normalized spacial score (nSPS) is 22.4. The first-order valence-electron chi connectivity index (χ1n) is 7.81. The number of rotatable bonds is 2. The maximum Gasteiger partial charge on any atom is 0.331 e. The van der Waals surface area contributed by atoms with E-state index in [9.17, 15) is 41.5 Å². The number of benzene rings is 1. The predicted molar refractivity (Wildman–Crippen MR) is 80.7 cm³/mol. The number of carbonyl (C=O) groups is 5. The van der Waals surface area contributed by atoms with Gasteiger partial charge in [-0.05, 0) is 20.8 Å². The molecule has 0 aliphatic carbocycles. The third kappa shape index (κ3) is 2.14. The van der Waals surface area contributed by atoms with Crippen molar-refractivity contribution in [3.8, 4) is 0 Å². The van der Waals surface area contributed by atoms with Gasteiger partial charge in [0.1, 0.15) is 0 Å². The molecule has 1 unspecified atom stereocenters. The summed E-state index contributed by atoms with van der Waals surface area (Å²) in [6.07, 6.45) is 0. The Hall–Kier alpha value is -3.31. The van der Waals surface area contributed by atoms with Gasteiger partial charge in [-0.1, -0.05) is 0 Å². The van der Waals surface area contributed by atoms with Gasteiger partial charge in [-0.2, -0.15) is 0 Å². The first kappa shape index (κ1) is 19.5. The van der Waals surface area contributed by atoms with Gasteiger partial charge in [0.15, 0.2) is 23.3 Å². The van der Waals surface area contributed by atoms with Crippen LogP contribution in [-0.4, -0.2) is 51.0 Å². The fourth-order valence-corrected chi connectivity index (χ4v) is 3.12. The molecular weight excluding hydrogens is 390 g/mol. The molecule has 1 saturated heterocycles. The van der Waals surface area contributed by atoms with E-state index in [4.69, 9.17) is 0 Å². The van der Waals surface area contributed by atoms with E-state index in [0.29, 0.717) is 4.90 Å². The quantitative estimate of drug-likeness (QED) is 0.263. The number of fused-ring (bicyclic) bond motifs is 1. The molecule has 1 atom stereocenters. The van der Waals surface area contributed by atoms with Gasteiger partial charge in [0, 0.05) is 6.04 Å². The number of hydrogen-bond acceptors (Lipinski definition) is 5. The van der Waals surface area contributed by atoms with Crippen LogP contribution >= 0.6 is 0 Å². The van der Waals surface area contributed by atoms with Gasteiger partial charge in [0.05, 0.1) is 11.1 Å². The molecule has 0 aromatic heterocycles. The van der Waals surface area contributed by atoms with Crippen molar-refractivity contribution < 1.29 is 41.5 Å². The summed E-state index contributed by atoms with van der Waals surface area (Å²) >= 11 is 0. The van der Waals surface area contributed by atoms with E-state index in [1.807, 2.05) is 0 Å². The molecule has 1 fully saturated rings. The lowest BCUT2D eigenvalue weighted by Gasteiger charge is -2.42. The molecule has 0 spiro atoms.